The van der Waals surface area contributed by atoms with E-state index in [1.54, 1.807) is 7.11 Å². The highest BCUT2D eigenvalue weighted by Gasteiger charge is 2.47. The van der Waals surface area contributed by atoms with Gasteiger partial charge in [-0.1, -0.05) is 6.92 Å². The highest BCUT2D eigenvalue weighted by atomic mass is 16.5. The van der Waals surface area contributed by atoms with Gasteiger partial charge in [-0.2, -0.15) is 5.10 Å². The summed E-state index contributed by atoms with van der Waals surface area (Å²) in [5.74, 6) is 1.97. The second-order valence-electron chi connectivity index (χ2n) is 8.65. The monoisotopic (exact) mass is 434 g/mol. The molecular weight excluding hydrogens is 404 g/mol. The minimum atomic E-state index is -0.135. The predicted octanol–water partition coefficient (Wildman–Crippen LogP) is 2.76. The van der Waals surface area contributed by atoms with Crippen LogP contribution in [0.3, 0.4) is 0 Å². The van der Waals surface area contributed by atoms with Crippen LogP contribution in [0, 0.1) is 0 Å². The number of hydrogen-bond acceptors (Lipinski definition) is 5. The number of rotatable bonds is 4. The number of fused-ring (bicyclic) bond motifs is 2. The Kier molecular flexibility index (Phi) is 5.25. The molecule has 1 spiro atoms. The third kappa shape index (κ3) is 3.30. The van der Waals surface area contributed by atoms with Crippen LogP contribution < -0.4 is 4.74 Å². The van der Waals surface area contributed by atoms with Gasteiger partial charge in [-0.15, -0.1) is 0 Å². The minimum absolute atomic E-state index is 0.0840. The minimum Gasteiger partial charge on any atom is -0.497 e. The van der Waals surface area contributed by atoms with Crippen LogP contribution in [0.4, 0.5) is 0 Å². The summed E-state index contributed by atoms with van der Waals surface area (Å²) in [6.07, 6.45) is 7.69. The second-order valence-corrected chi connectivity index (χ2v) is 8.65. The lowest BCUT2D eigenvalue weighted by Gasteiger charge is -2.50. The van der Waals surface area contributed by atoms with Crippen LogP contribution in [0.5, 0.6) is 5.75 Å². The highest BCUT2D eigenvalue weighted by Crippen LogP contribution is 2.42. The molecule has 2 aliphatic heterocycles. The lowest BCUT2D eigenvalue weighted by Crippen LogP contribution is -2.58. The maximum absolute atomic E-state index is 13.1. The van der Waals surface area contributed by atoms with Crippen molar-refractivity contribution in [1.82, 2.24) is 29.1 Å². The normalized spacial score (nSPS) is 18.0. The lowest BCUT2D eigenvalue weighted by molar-refractivity contribution is -0.00313. The molecule has 2 aromatic heterocycles. The van der Waals surface area contributed by atoms with E-state index in [1.807, 2.05) is 59.5 Å². The Morgan fingerprint density at radius 2 is 1.84 bits per heavy atom. The fourth-order valence-corrected chi connectivity index (χ4v) is 5.33. The van der Waals surface area contributed by atoms with Gasteiger partial charge >= 0.3 is 0 Å². The van der Waals surface area contributed by atoms with Gasteiger partial charge in [0, 0.05) is 50.6 Å². The van der Waals surface area contributed by atoms with E-state index >= 15 is 0 Å². The number of aryl methyl sites for hydroxylation is 1. The summed E-state index contributed by atoms with van der Waals surface area (Å²) >= 11 is 0. The topological polar surface area (TPSA) is 68.4 Å². The molecule has 2 aliphatic rings. The van der Waals surface area contributed by atoms with Gasteiger partial charge in [0.05, 0.1) is 30.7 Å². The Balaban J connectivity index is 1.40. The Morgan fingerprint density at radius 1 is 1.09 bits per heavy atom. The number of ether oxygens (including phenoxy) is 1. The number of piperidine rings is 1. The van der Waals surface area contributed by atoms with Crippen LogP contribution in [-0.4, -0.2) is 68.3 Å². The standard InChI is InChI=1S/C24H30N6O2/c1-4-29-13-14-30-21(19-15-26-27(2)17-19)16-25-23(30)24(29)9-11-28(12-10-24)22(31)18-5-7-20(32-3)8-6-18/h5-8,15-17H,4,9-14H2,1-3H3. The van der Waals surface area contributed by atoms with Gasteiger partial charge in [-0.3, -0.25) is 14.4 Å². The third-order valence-corrected chi connectivity index (χ3v) is 7.07. The molecule has 0 N–H and O–H groups in total. The number of likely N-dealkylation sites (tertiary alicyclic amines) is 1. The molecule has 0 atom stereocenters. The van der Waals surface area contributed by atoms with Crippen molar-refractivity contribution < 1.29 is 9.53 Å². The zero-order chi connectivity index (χ0) is 22.3. The summed E-state index contributed by atoms with van der Waals surface area (Å²) in [5.41, 5.74) is 2.79. The van der Waals surface area contributed by atoms with Gasteiger partial charge in [-0.25, -0.2) is 4.98 Å². The third-order valence-electron chi connectivity index (χ3n) is 7.07. The molecule has 0 saturated carbocycles. The number of nitrogens with zero attached hydrogens (tertiary/aromatic N) is 6. The number of hydrogen-bond donors (Lipinski definition) is 0. The zero-order valence-electron chi connectivity index (χ0n) is 19.0. The van der Waals surface area contributed by atoms with E-state index in [4.69, 9.17) is 9.72 Å². The number of aromatic nitrogens is 4. The maximum atomic E-state index is 13.1. The van der Waals surface area contributed by atoms with Gasteiger partial charge in [0.1, 0.15) is 11.6 Å². The summed E-state index contributed by atoms with van der Waals surface area (Å²) in [6.45, 7) is 6.54. The van der Waals surface area contributed by atoms with Crippen molar-refractivity contribution in [3.05, 3.63) is 54.2 Å². The Hall–Kier alpha value is -3.13. The molecule has 3 aromatic rings. The molecule has 5 rings (SSSR count). The van der Waals surface area contributed by atoms with Crippen molar-refractivity contribution in [2.24, 2.45) is 7.05 Å². The van der Waals surface area contributed by atoms with Gasteiger partial charge in [0.25, 0.3) is 5.91 Å². The number of amides is 1. The zero-order valence-corrected chi connectivity index (χ0v) is 19.0. The molecule has 0 bridgehead atoms. The number of benzene rings is 1. The van der Waals surface area contributed by atoms with Gasteiger partial charge < -0.3 is 14.2 Å². The first kappa shape index (κ1) is 20.8. The van der Waals surface area contributed by atoms with E-state index in [0.717, 1.165) is 68.4 Å². The fourth-order valence-electron chi connectivity index (χ4n) is 5.33. The molecule has 1 fully saturated rings. The first-order valence-corrected chi connectivity index (χ1v) is 11.3. The van der Waals surface area contributed by atoms with Gasteiger partial charge in [0.15, 0.2) is 0 Å². The van der Waals surface area contributed by atoms with Crippen LogP contribution in [0.2, 0.25) is 0 Å². The second kappa shape index (κ2) is 8.09. The first-order valence-electron chi connectivity index (χ1n) is 11.3. The molecule has 32 heavy (non-hydrogen) atoms. The van der Waals surface area contributed by atoms with E-state index < -0.39 is 0 Å². The van der Waals surface area contributed by atoms with Gasteiger partial charge in [-0.05, 0) is 43.7 Å². The quantitative estimate of drug-likeness (QED) is 0.632. The van der Waals surface area contributed by atoms with Crippen LogP contribution in [0.1, 0.15) is 35.9 Å². The average Bonchev–Trinajstić information content (AvgIpc) is 3.46. The summed E-state index contributed by atoms with van der Waals surface area (Å²) < 4.78 is 9.41. The van der Waals surface area contributed by atoms with Crippen molar-refractivity contribution in [2.45, 2.75) is 31.8 Å². The Morgan fingerprint density at radius 3 is 2.47 bits per heavy atom. The van der Waals surface area contributed by atoms with E-state index in [0.29, 0.717) is 5.56 Å². The van der Waals surface area contributed by atoms with Crippen LogP contribution in [0.25, 0.3) is 11.3 Å². The van der Waals surface area contributed by atoms with Crippen molar-refractivity contribution in [3.8, 4) is 17.0 Å². The van der Waals surface area contributed by atoms with Crippen LogP contribution in [-0.2, 0) is 19.1 Å². The highest BCUT2D eigenvalue weighted by molar-refractivity contribution is 5.94. The molecule has 1 saturated heterocycles. The van der Waals surface area contributed by atoms with E-state index in [1.165, 1.54) is 0 Å². The summed E-state index contributed by atoms with van der Waals surface area (Å²) in [6, 6.07) is 7.37. The van der Waals surface area contributed by atoms with Gasteiger partial charge in [0.2, 0.25) is 0 Å². The molecule has 1 aromatic carbocycles. The SMILES string of the molecule is CCN1CCn2c(-c3cnn(C)c3)cnc2C12CCN(C(=O)c1ccc(OC)cc1)CC2. The molecule has 0 radical (unpaired) electrons. The number of carbonyl (C=O) groups is 1. The molecule has 168 valence electrons. The van der Waals surface area contributed by atoms with Crippen molar-refractivity contribution in [3.63, 3.8) is 0 Å². The molecule has 8 nitrogen and oxygen atoms in total. The molecule has 0 aliphatic carbocycles. The lowest BCUT2D eigenvalue weighted by atomic mass is 9.83. The molecular formula is C24H30N6O2. The molecule has 8 heteroatoms. The Bertz CT molecular complexity index is 1110. The predicted molar refractivity (Wildman–Crippen MR) is 121 cm³/mol. The maximum Gasteiger partial charge on any atom is 0.253 e. The number of methoxy groups -OCH3 is 1. The van der Waals surface area contributed by atoms with Crippen molar-refractivity contribution in [2.75, 3.05) is 33.3 Å². The molecule has 1 amide bonds. The van der Waals surface area contributed by atoms with Crippen molar-refractivity contribution in [1.29, 1.82) is 0 Å². The summed E-state index contributed by atoms with van der Waals surface area (Å²) in [4.78, 5) is 22.6. The largest absolute Gasteiger partial charge is 0.497 e. The number of carbonyl (C=O) groups excluding carboxylic acids is 1. The average molecular weight is 435 g/mol. The summed E-state index contributed by atoms with van der Waals surface area (Å²) in [7, 11) is 3.57. The molecule has 0 unspecified atom stereocenters. The molecule has 4 heterocycles. The summed E-state index contributed by atoms with van der Waals surface area (Å²) in [5, 5.41) is 4.34. The first-order chi connectivity index (χ1) is 15.6. The van der Waals surface area contributed by atoms with Crippen molar-refractivity contribution >= 4 is 5.91 Å². The van der Waals surface area contributed by atoms with Crippen LogP contribution in [0.15, 0.2) is 42.9 Å². The fraction of sp³-hybridized carbons (Fsp3) is 0.458. The number of imidazole rings is 1. The Labute approximate surface area is 188 Å². The number of likely N-dealkylation sites (N-methyl/N-ethyl adjacent to an activating group) is 1. The van der Waals surface area contributed by atoms with E-state index in [9.17, 15) is 4.79 Å². The van der Waals surface area contributed by atoms with Crippen LogP contribution >= 0.6 is 0 Å². The van der Waals surface area contributed by atoms with E-state index in [2.05, 4.69) is 21.5 Å². The smallest absolute Gasteiger partial charge is 0.253 e. The van der Waals surface area contributed by atoms with E-state index in [-0.39, 0.29) is 11.4 Å².